The van der Waals surface area contributed by atoms with Crippen molar-refractivity contribution >= 4 is 11.8 Å². The quantitative estimate of drug-likeness (QED) is 0.661. The summed E-state index contributed by atoms with van der Waals surface area (Å²) in [5.41, 5.74) is 0. The minimum absolute atomic E-state index is 0.0125. The SMILES string of the molecule is C=CC(=O)N1CCN(C(C)C)CC1C[C@@H]1CN(C(C)C)CCN1C(=O)C=C. The van der Waals surface area contributed by atoms with Gasteiger partial charge in [-0.05, 0) is 46.3 Å². The Kier molecular flexibility index (Phi) is 7.62. The van der Waals surface area contributed by atoms with Crippen molar-refractivity contribution in [2.45, 2.75) is 58.3 Å². The van der Waals surface area contributed by atoms with Gasteiger partial charge in [0.25, 0.3) is 0 Å². The van der Waals surface area contributed by atoms with E-state index in [1.54, 1.807) is 0 Å². The zero-order valence-corrected chi connectivity index (χ0v) is 17.4. The summed E-state index contributed by atoms with van der Waals surface area (Å²) in [5.74, 6) is -0.0249. The van der Waals surface area contributed by atoms with Gasteiger partial charge in [0, 0.05) is 63.4 Å². The van der Waals surface area contributed by atoms with E-state index in [1.165, 1.54) is 12.2 Å². The molecular formula is C21H36N4O2. The van der Waals surface area contributed by atoms with Crippen molar-refractivity contribution in [3.63, 3.8) is 0 Å². The van der Waals surface area contributed by atoms with Crippen LogP contribution in [0.4, 0.5) is 0 Å². The number of amides is 2. The van der Waals surface area contributed by atoms with Crippen LogP contribution < -0.4 is 0 Å². The maximum absolute atomic E-state index is 12.4. The van der Waals surface area contributed by atoms with Crippen molar-refractivity contribution in [3.05, 3.63) is 25.3 Å². The monoisotopic (exact) mass is 376 g/mol. The predicted molar refractivity (Wildman–Crippen MR) is 109 cm³/mol. The molecule has 2 fully saturated rings. The van der Waals surface area contributed by atoms with Crippen LogP contribution in [0.25, 0.3) is 0 Å². The van der Waals surface area contributed by atoms with Gasteiger partial charge in [-0.15, -0.1) is 0 Å². The number of hydrogen-bond acceptors (Lipinski definition) is 4. The first-order valence-corrected chi connectivity index (χ1v) is 10.1. The van der Waals surface area contributed by atoms with Crippen LogP contribution in [0.1, 0.15) is 34.1 Å². The Balaban J connectivity index is 2.21. The standard InChI is InChI=1S/C21H36N4O2/c1-7-20(26)24-11-9-22(16(3)4)14-18(24)13-19-15-23(17(5)6)10-12-25(19)21(27)8-2/h7-8,16-19H,1-2,9-15H2,3-6H3/t18-,19?/m1/s1. The van der Waals surface area contributed by atoms with Crippen LogP contribution in [0.3, 0.4) is 0 Å². The fourth-order valence-corrected chi connectivity index (χ4v) is 4.23. The van der Waals surface area contributed by atoms with E-state index in [1.807, 2.05) is 9.80 Å². The molecule has 0 bridgehead atoms. The summed E-state index contributed by atoms with van der Waals surface area (Å²) in [4.78, 5) is 33.6. The van der Waals surface area contributed by atoms with Gasteiger partial charge in [-0.1, -0.05) is 13.2 Å². The highest BCUT2D eigenvalue weighted by Crippen LogP contribution is 2.23. The van der Waals surface area contributed by atoms with Gasteiger partial charge in [0.05, 0.1) is 0 Å². The molecule has 0 aromatic heterocycles. The van der Waals surface area contributed by atoms with Crippen LogP contribution >= 0.6 is 0 Å². The lowest BCUT2D eigenvalue weighted by Crippen LogP contribution is -2.61. The smallest absolute Gasteiger partial charge is 0.246 e. The van der Waals surface area contributed by atoms with E-state index >= 15 is 0 Å². The maximum Gasteiger partial charge on any atom is 0.246 e. The van der Waals surface area contributed by atoms with Gasteiger partial charge in [-0.25, -0.2) is 0 Å². The highest BCUT2D eigenvalue weighted by Gasteiger charge is 2.37. The second-order valence-electron chi connectivity index (χ2n) is 8.19. The van der Waals surface area contributed by atoms with Gasteiger partial charge in [-0.2, -0.15) is 0 Å². The van der Waals surface area contributed by atoms with Crippen molar-refractivity contribution in [3.8, 4) is 0 Å². The van der Waals surface area contributed by atoms with Gasteiger partial charge in [0.2, 0.25) is 11.8 Å². The van der Waals surface area contributed by atoms with Gasteiger partial charge in [0.1, 0.15) is 0 Å². The number of nitrogens with zero attached hydrogens (tertiary/aromatic N) is 4. The molecule has 0 aromatic carbocycles. The second kappa shape index (κ2) is 9.51. The number of piperazine rings is 2. The van der Waals surface area contributed by atoms with Crippen LogP contribution in [0.5, 0.6) is 0 Å². The average molecular weight is 377 g/mol. The summed E-state index contributed by atoms with van der Waals surface area (Å²) in [7, 11) is 0. The Morgan fingerprint density at radius 3 is 1.48 bits per heavy atom. The fourth-order valence-electron chi connectivity index (χ4n) is 4.23. The first kappa shape index (κ1) is 21.6. The van der Waals surface area contributed by atoms with Crippen molar-refractivity contribution in [1.29, 1.82) is 0 Å². The lowest BCUT2D eigenvalue weighted by molar-refractivity contribution is -0.134. The number of carbonyl (C=O) groups excluding carboxylic acids is 2. The van der Waals surface area contributed by atoms with Crippen LogP contribution in [0.2, 0.25) is 0 Å². The van der Waals surface area contributed by atoms with Gasteiger partial charge < -0.3 is 9.80 Å². The molecular weight excluding hydrogens is 340 g/mol. The molecule has 0 spiro atoms. The Morgan fingerprint density at radius 2 is 1.19 bits per heavy atom. The summed E-state index contributed by atoms with van der Waals surface area (Å²) in [6.07, 6.45) is 3.60. The zero-order valence-electron chi connectivity index (χ0n) is 17.4. The zero-order chi connectivity index (χ0) is 20.1. The summed E-state index contributed by atoms with van der Waals surface area (Å²) in [6.45, 7) is 21.0. The van der Waals surface area contributed by atoms with Crippen LogP contribution in [0.15, 0.2) is 25.3 Å². The molecule has 2 aliphatic rings. The Morgan fingerprint density at radius 1 is 0.815 bits per heavy atom. The van der Waals surface area contributed by atoms with E-state index < -0.39 is 0 Å². The number of carbonyl (C=O) groups is 2. The van der Waals surface area contributed by atoms with E-state index in [9.17, 15) is 9.59 Å². The van der Waals surface area contributed by atoms with E-state index in [4.69, 9.17) is 0 Å². The molecule has 2 atom stereocenters. The van der Waals surface area contributed by atoms with Crippen LogP contribution in [-0.4, -0.2) is 94.8 Å². The molecule has 2 aliphatic heterocycles. The molecule has 27 heavy (non-hydrogen) atoms. The molecule has 6 nitrogen and oxygen atoms in total. The van der Waals surface area contributed by atoms with Crippen LogP contribution in [-0.2, 0) is 9.59 Å². The lowest BCUT2D eigenvalue weighted by Gasteiger charge is -2.48. The summed E-state index contributed by atoms with van der Waals surface area (Å²) < 4.78 is 0. The third kappa shape index (κ3) is 5.20. The number of hydrogen-bond donors (Lipinski definition) is 0. The normalized spacial score (nSPS) is 25.1. The van der Waals surface area contributed by atoms with Crippen molar-refractivity contribution < 1.29 is 9.59 Å². The Hall–Kier alpha value is -1.66. The van der Waals surface area contributed by atoms with E-state index in [0.29, 0.717) is 25.2 Å². The van der Waals surface area contributed by atoms with Crippen molar-refractivity contribution in [1.82, 2.24) is 19.6 Å². The molecule has 0 saturated carbocycles. The average Bonchev–Trinajstić information content (AvgIpc) is 2.66. The molecule has 0 aromatic rings. The summed E-state index contributed by atoms with van der Waals surface area (Å²) in [5, 5.41) is 0. The molecule has 0 N–H and O–H groups in total. The molecule has 6 heteroatoms. The molecule has 0 radical (unpaired) electrons. The van der Waals surface area contributed by atoms with E-state index in [2.05, 4.69) is 50.7 Å². The van der Waals surface area contributed by atoms with E-state index in [0.717, 1.165) is 32.6 Å². The Bertz CT molecular complexity index is 512. The highest BCUT2D eigenvalue weighted by atomic mass is 16.2. The van der Waals surface area contributed by atoms with Gasteiger partial charge in [-0.3, -0.25) is 19.4 Å². The van der Waals surface area contributed by atoms with Crippen molar-refractivity contribution in [2.75, 3.05) is 39.3 Å². The van der Waals surface area contributed by atoms with Gasteiger partial charge >= 0.3 is 0 Å². The molecule has 1 unspecified atom stereocenters. The topological polar surface area (TPSA) is 47.1 Å². The largest absolute Gasteiger partial charge is 0.334 e. The third-order valence-electron chi connectivity index (χ3n) is 5.95. The molecule has 2 amide bonds. The fraction of sp³-hybridized carbons (Fsp3) is 0.714. The molecule has 2 saturated heterocycles. The summed E-state index contributed by atoms with van der Waals surface area (Å²) in [6, 6.07) is 1.06. The first-order chi connectivity index (χ1) is 12.8. The molecule has 152 valence electrons. The predicted octanol–water partition coefficient (Wildman–Crippen LogP) is 1.59. The van der Waals surface area contributed by atoms with Gasteiger partial charge in [0.15, 0.2) is 0 Å². The lowest BCUT2D eigenvalue weighted by atomic mass is 9.97. The second-order valence-corrected chi connectivity index (χ2v) is 8.19. The van der Waals surface area contributed by atoms with E-state index in [-0.39, 0.29) is 23.9 Å². The molecule has 2 heterocycles. The number of rotatable bonds is 6. The van der Waals surface area contributed by atoms with Crippen LogP contribution in [0, 0.1) is 0 Å². The molecule has 2 rings (SSSR count). The van der Waals surface area contributed by atoms with Crippen molar-refractivity contribution in [2.24, 2.45) is 0 Å². The first-order valence-electron chi connectivity index (χ1n) is 10.1. The maximum atomic E-state index is 12.4. The molecule has 0 aliphatic carbocycles. The highest BCUT2D eigenvalue weighted by molar-refractivity contribution is 5.88. The minimum Gasteiger partial charge on any atom is -0.334 e. The Labute approximate surface area is 164 Å². The third-order valence-corrected chi connectivity index (χ3v) is 5.95. The summed E-state index contributed by atoms with van der Waals surface area (Å²) >= 11 is 0. The minimum atomic E-state index is -0.0125.